The molecule has 2 aromatic rings. The molecule has 3 rings (SSSR count). The summed E-state index contributed by atoms with van der Waals surface area (Å²) in [4.78, 5) is 24.0. The number of carboxylic acid groups (broad SMARTS) is 2. The monoisotopic (exact) mass is 328 g/mol. The third-order valence-corrected chi connectivity index (χ3v) is 3.89. The molecule has 7 heteroatoms. The molecule has 2 aromatic carbocycles. The van der Waals surface area contributed by atoms with Crippen LogP contribution in [0.2, 0.25) is 0 Å². The fourth-order valence-electron chi connectivity index (χ4n) is 2.62. The smallest absolute Gasteiger partial charge is 0.337 e. The maximum atomic E-state index is 11.1. The van der Waals surface area contributed by atoms with Crippen LogP contribution in [-0.4, -0.2) is 41.3 Å². The van der Waals surface area contributed by atoms with Crippen molar-refractivity contribution in [3.63, 3.8) is 0 Å². The number of carbonyl (C=O) groups is 2. The van der Waals surface area contributed by atoms with Gasteiger partial charge in [0, 0.05) is 0 Å². The summed E-state index contributed by atoms with van der Waals surface area (Å²) < 4.78 is 5.75. The number of anilines is 2. The van der Waals surface area contributed by atoms with Gasteiger partial charge in [0.05, 0.1) is 35.6 Å². The molecule has 1 aliphatic rings. The molecule has 0 spiro atoms. The van der Waals surface area contributed by atoms with Crippen molar-refractivity contribution >= 4 is 23.3 Å². The van der Waals surface area contributed by atoms with E-state index in [2.05, 4.69) is 0 Å². The number of hydrogen-bond donors (Lipinski definition) is 3. The summed E-state index contributed by atoms with van der Waals surface area (Å²) >= 11 is 0. The van der Waals surface area contributed by atoms with Crippen molar-refractivity contribution in [3.8, 4) is 5.75 Å². The van der Waals surface area contributed by atoms with Crippen LogP contribution in [0, 0.1) is 0 Å². The maximum absolute atomic E-state index is 11.1. The Labute approximate surface area is 137 Å². The van der Waals surface area contributed by atoms with Crippen molar-refractivity contribution < 1.29 is 24.5 Å². The summed E-state index contributed by atoms with van der Waals surface area (Å²) in [5, 5.41) is 18.1. The average Bonchev–Trinajstić information content (AvgIpc) is 2.51. The van der Waals surface area contributed by atoms with Crippen LogP contribution in [0.3, 0.4) is 0 Å². The predicted octanol–water partition coefficient (Wildman–Crippen LogP) is 1.93. The molecule has 1 saturated heterocycles. The van der Waals surface area contributed by atoms with E-state index >= 15 is 0 Å². The van der Waals surface area contributed by atoms with Crippen LogP contribution in [0.1, 0.15) is 20.7 Å². The Morgan fingerprint density at radius 2 is 1.79 bits per heavy atom. The number of para-hydroxylation sites is 1. The Balaban J connectivity index is 1.66. The molecule has 0 radical (unpaired) electrons. The largest absolute Gasteiger partial charge is 0.487 e. The van der Waals surface area contributed by atoms with E-state index in [1.165, 1.54) is 18.2 Å². The van der Waals surface area contributed by atoms with Crippen molar-refractivity contribution in [1.29, 1.82) is 0 Å². The van der Waals surface area contributed by atoms with E-state index in [1.54, 1.807) is 24.3 Å². The Hall–Kier alpha value is -3.22. The van der Waals surface area contributed by atoms with Crippen molar-refractivity contribution in [2.24, 2.45) is 0 Å². The van der Waals surface area contributed by atoms with E-state index in [0.29, 0.717) is 24.5 Å². The third kappa shape index (κ3) is 2.96. The van der Waals surface area contributed by atoms with Crippen LogP contribution >= 0.6 is 0 Å². The first kappa shape index (κ1) is 15.7. The molecule has 0 saturated carbocycles. The Morgan fingerprint density at radius 3 is 2.46 bits per heavy atom. The van der Waals surface area contributed by atoms with Gasteiger partial charge in [-0.1, -0.05) is 12.1 Å². The van der Waals surface area contributed by atoms with Gasteiger partial charge in [0.25, 0.3) is 0 Å². The number of benzene rings is 2. The Morgan fingerprint density at radius 1 is 1.08 bits per heavy atom. The molecule has 24 heavy (non-hydrogen) atoms. The number of nitrogens with zero attached hydrogens (tertiary/aromatic N) is 1. The van der Waals surface area contributed by atoms with Crippen molar-refractivity contribution in [1.82, 2.24) is 0 Å². The summed E-state index contributed by atoms with van der Waals surface area (Å²) in [7, 11) is 0. The first-order chi connectivity index (χ1) is 11.5. The molecule has 0 unspecified atom stereocenters. The molecule has 0 aromatic heterocycles. The van der Waals surface area contributed by atoms with Gasteiger partial charge >= 0.3 is 11.9 Å². The molecule has 124 valence electrons. The molecule has 1 aliphatic heterocycles. The lowest BCUT2D eigenvalue weighted by molar-refractivity contribution is 0.0686. The van der Waals surface area contributed by atoms with Gasteiger partial charge in [0.15, 0.2) is 0 Å². The number of nitrogens with two attached hydrogens (primary N) is 1. The second-order valence-corrected chi connectivity index (χ2v) is 5.52. The molecular formula is C17H16N2O5. The topological polar surface area (TPSA) is 113 Å². The molecule has 0 aliphatic carbocycles. The van der Waals surface area contributed by atoms with Gasteiger partial charge in [-0.05, 0) is 30.3 Å². The first-order valence-electron chi connectivity index (χ1n) is 7.32. The van der Waals surface area contributed by atoms with Crippen LogP contribution < -0.4 is 15.4 Å². The van der Waals surface area contributed by atoms with Gasteiger partial charge in [-0.15, -0.1) is 0 Å². The number of hydrogen-bond acceptors (Lipinski definition) is 5. The molecule has 0 bridgehead atoms. The molecule has 0 amide bonds. The fraction of sp³-hybridized carbons (Fsp3) is 0.176. The van der Waals surface area contributed by atoms with Crippen molar-refractivity contribution in [2.45, 2.75) is 6.10 Å². The second-order valence-electron chi connectivity index (χ2n) is 5.52. The van der Waals surface area contributed by atoms with Crippen LogP contribution in [0.25, 0.3) is 0 Å². The van der Waals surface area contributed by atoms with E-state index in [-0.39, 0.29) is 22.9 Å². The van der Waals surface area contributed by atoms with E-state index < -0.39 is 11.9 Å². The fourth-order valence-corrected chi connectivity index (χ4v) is 2.62. The summed E-state index contributed by atoms with van der Waals surface area (Å²) in [6, 6.07) is 11.2. The standard InChI is InChI=1S/C17H16N2O5/c18-15-13(17(22)23)5-2-6-14(15)19-8-12(9-19)24-11-4-1-3-10(7-11)16(20)21/h1-7,12H,8-9,18H2,(H,20,21)(H,22,23). The number of aromatic carboxylic acids is 2. The van der Waals surface area contributed by atoms with E-state index in [9.17, 15) is 9.59 Å². The highest BCUT2D eigenvalue weighted by atomic mass is 16.5. The third-order valence-electron chi connectivity index (χ3n) is 3.89. The van der Waals surface area contributed by atoms with Gasteiger partial charge < -0.3 is 25.6 Å². The highest BCUT2D eigenvalue weighted by molar-refractivity contribution is 5.97. The first-order valence-corrected chi connectivity index (χ1v) is 7.32. The van der Waals surface area contributed by atoms with E-state index in [4.69, 9.17) is 20.7 Å². The molecule has 4 N–H and O–H groups in total. The number of ether oxygens (including phenoxy) is 1. The minimum Gasteiger partial charge on any atom is -0.487 e. The quantitative estimate of drug-likeness (QED) is 0.719. The SMILES string of the molecule is Nc1c(C(=O)O)cccc1N1CC(Oc2cccc(C(=O)O)c2)C1. The highest BCUT2D eigenvalue weighted by Crippen LogP contribution is 2.31. The number of rotatable bonds is 5. The Bertz CT molecular complexity index is 799. The van der Waals surface area contributed by atoms with Gasteiger partial charge in [0.2, 0.25) is 0 Å². The van der Waals surface area contributed by atoms with E-state index in [0.717, 1.165) is 0 Å². The predicted molar refractivity (Wildman–Crippen MR) is 87.8 cm³/mol. The summed E-state index contributed by atoms with van der Waals surface area (Å²) in [5.41, 5.74) is 7.05. The zero-order valence-corrected chi connectivity index (χ0v) is 12.7. The summed E-state index contributed by atoms with van der Waals surface area (Å²) in [5.74, 6) is -1.58. The molecule has 1 heterocycles. The normalized spacial score (nSPS) is 14.1. The zero-order valence-electron chi connectivity index (χ0n) is 12.7. The van der Waals surface area contributed by atoms with Gasteiger partial charge in [-0.3, -0.25) is 0 Å². The minimum atomic E-state index is -1.06. The Kier molecular flexibility index (Phi) is 3.99. The lowest BCUT2D eigenvalue weighted by Crippen LogP contribution is -2.54. The van der Waals surface area contributed by atoms with Gasteiger partial charge in [-0.2, -0.15) is 0 Å². The second kappa shape index (κ2) is 6.11. The van der Waals surface area contributed by atoms with Crippen LogP contribution in [0.4, 0.5) is 11.4 Å². The number of carboxylic acids is 2. The van der Waals surface area contributed by atoms with Crippen molar-refractivity contribution in [2.75, 3.05) is 23.7 Å². The molecule has 0 atom stereocenters. The lowest BCUT2D eigenvalue weighted by Gasteiger charge is -2.41. The van der Waals surface area contributed by atoms with Gasteiger partial charge in [0.1, 0.15) is 11.9 Å². The zero-order chi connectivity index (χ0) is 17.3. The molecule has 7 nitrogen and oxygen atoms in total. The maximum Gasteiger partial charge on any atom is 0.337 e. The molecule has 1 fully saturated rings. The molecular weight excluding hydrogens is 312 g/mol. The average molecular weight is 328 g/mol. The minimum absolute atomic E-state index is 0.0750. The van der Waals surface area contributed by atoms with Gasteiger partial charge in [-0.25, -0.2) is 9.59 Å². The number of nitrogen functional groups attached to an aromatic ring is 1. The summed E-state index contributed by atoms with van der Waals surface area (Å²) in [6.45, 7) is 1.09. The van der Waals surface area contributed by atoms with Crippen LogP contribution in [0.15, 0.2) is 42.5 Å². The van der Waals surface area contributed by atoms with E-state index in [1.807, 2.05) is 4.90 Å². The highest BCUT2D eigenvalue weighted by Gasteiger charge is 2.30. The summed E-state index contributed by atoms with van der Waals surface area (Å²) in [6.07, 6.45) is -0.109. The van der Waals surface area contributed by atoms with Crippen molar-refractivity contribution in [3.05, 3.63) is 53.6 Å². The lowest BCUT2D eigenvalue weighted by atomic mass is 10.1. The van der Waals surface area contributed by atoms with Crippen LogP contribution in [0.5, 0.6) is 5.75 Å². The van der Waals surface area contributed by atoms with Crippen LogP contribution in [-0.2, 0) is 0 Å².